The Bertz CT molecular complexity index is 912. The standard InChI is InChI=1S/C20H22O5/c1-12(2)5-4-6-13(3)7-8-14-9-15-10-16(19(22)23)20(24)25-18(15)11-17(14)21/h5,7,9-11,21H,4,6,8H2,1-3H3,(H,22,23). The van der Waals surface area contributed by atoms with Crippen LogP contribution in [0.15, 0.2) is 50.7 Å². The van der Waals surface area contributed by atoms with Crippen molar-refractivity contribution in [2.75, 3.05) is 0 Å². The van der Waals surface area contributed by atoms with Crippen molar-refractivity contribution < 1.29 is 19.4 Å². The Morgan fingerprint density at radius 2 is 1.88 bits per heavy atom. The third-order valence-corrected chi connectivity index (χ3v) is 3.93. The molecule has 0 saturated heterocycles. The number of rotatable bonds is 6. The highest BCUT2D eigenvalue weighted by atomic mass is 16.4. The van der Waals surface area contributed by atoms with Gasteiger partial charge in [-0.05, 0) is 57.7 Å². The van der Waals surface area contributed by atoms with Crippen LogP contribution in [0.5, 0.6) is 5.75 Å². The summed E-state index contributed by atoms with van der Waals surface area (Å²) in [4.78, 5) is 22.6. The van der Waals surface area contributed by atoms with Crippen LogP contribution < -0.4 is 5.63 Å². The fourth-order valence-electron chi connectivity index (χ4n) is 2.49. The summed E-state index contributed by atoms with van der Waals surface area (Å²) in [6, 6.07) is 4.28. The predicted octanol–water partition coefficient (Wildman–Crippen LogP) is 4.43. The summed E-state index contributed by atoms with van der Waals surface area (Å²) in [6.45, 7) is 6.17. The van der Waals surface area contributed by atoms with Gasteiger partial charge in [0.05, 0.1) is 0 Å². The van der Waals surface area contributed by atoms with Crippen LogP contribution in [0, 0.1) is 0 Å². The molecule has 0 aliphatic rings. The van der Waals surface area contributed by atoms with E-state index in [1.54, 1.807) is 6.07 Å². The van der Waals surface area contributed by atoms with Crippen molar-refractivity contribution in [2.24, 2.45) is 0 Å². The molecule has 5 heteroatoms. The zero-order valence-electron chi connectivity index (χ0n) is 14.6. The van der Waals surface area contributed by atoms with E-state index in [0.717, 1.165) is 12.8 Å². The molecule has 2 aromatic rings. The highest BCUT2D eigenvalue weighted by Crippen LogP contribution is 2.26. The predicted molar refractivity (Wildman–Crippen MR) is 97.2 cm³/mol. The third kappa shape index (κ3) is 4.83. The van der Waals surface area contributed by atoms with E-state index in [1.165, 1.54) is 23.3 Å². The molecule has 0 radical (unpaired) electrons. The minimum absolute atomic E-state index is 0.0204. The van der Waals surface area contributed by atoms with E-state index in [9.17, 15) is 14.7 Å². The maximum absolute atomic E-state index is 11.6. The molecule has 1 aromatic heterocycles. The first-order chi connectivity index (χ1) is 11.8. The lowest BCUT2D eigenvalue weighted by Crippen LogP contribution is -2.12. The average Bonchev–Trinajstić information content (AvgIpc) is 2.51. The summed E-state index contributed by atoms with van der Waals surface area (Å²) in [5, 5.41) is 19.6. The molecule has 0 fully saturated rings. The van der Waals surface area contributed by atoms with Gasteiger partial charge in [-0.15, -0.1) is 0 Å². The molecule has 25 heavy (non-hydrogen) atoms. The molecule has 0 aliphatic carbocycles. The Hall–Kier alpha value is -2.82. The van der Waals surface area contributed by atoms with Gasteiger partial charge in [-0.1, -0.05) is 23.3 Å². The van der Waals surface area contributed by atoms with E-state index in [2.05, 4.69) is 19.9 Å². The summed E-state index contributed by atoms with van der Waals surface area (Å²) < 4.78 is 4.97. The number of phenols is 1. The van der Waals surface area contributed by atoms with Crippen LogP contribution in [-0.2, 0) is 6.42 Å². The van der Waals surface area contributed by atoms with Crippen LogP contribution in [0.3, 0.4) is 0 Å². The van der Waals surface area contributed by atoms with Gasteiger partial charge in [0.25, 0.3) is 0 Å². The molecular weight excluding hydrogens is 320 g/mol. The molecule has 0 aliphatic heterocycles. The number of aromatic carboxylic acids is 1. The van der Waals surface area contributed by atoms with E-state index in [4.69, 9.17) is 9.52 Å². The van der Waals surface area contributed by atoms with Crippen molar-refractivity contribution in [3.8, 4) is 5.75 Å². The molecule has 0 saturated carbocycles. The second-order valence-corrected chi connectivity index (χ2v) is 6.35. The second-order valence-electron chi connectivity index (χ2n) is 6.35. The summed E-state index contributed by atoms with van der Waals surface area (Å²) in [5.74, 6) is -1.31. The molecule has 0 atom stereocenters. The van der Waals surface area contributed by atoms with Gasteiger partial charge < -0.3 is 14.6 Å². The Morgan fingerprint density at radius 1 is 1.16 bits per heavy atom. The Balaban J connectivity index is 2.27. The topological polar surface area (TPSA) is 87.7 Å². The van der Waals surface area contributed by atoms with Crippen molar-refractivity contribution in [3.05, 3.63) is 63.0 Å². The molecule has 0 spiro atoms. The maximum Gasteiger partial charge on any atom is 0.351 e. The molecule has 1 heterocycles. The van der Waals surface area contributed by atoms with E-state index < -0.39 is 17.2 Å². The molecule has 0 amide bonds. The number of carbonyl (C=O) groups is 1. The molecule has 5 nitrogen and oxygen atoms in total. The first-order valence-corrected chi connectivity index (χ1v) is 8.10. The minimum Gasteiger partial charge on any atom is -0.508 e. The van der Waals surface area contributed by atoms with Crippen molar-refractivity contribution in [3.63, 3.8) is 0 Å². The van der Waals surface area contributed by atoms with Gasteiger partial charge in [0.2, 0.25) is 0 Å². The van der Waals surface area contributed by atoms with Gasteiger partial charge in [-0.2, -0.15) is 0 Å². The fourth-order valence-corrected chi connectivity index (χ4v) is 2.49. The zero-order chi connectivity index (χ0) is 18.6. The van der Waals surface area contributed by atoms with Gasteiger partial charge in [-0.3, -0.25) is 0 Å². The lowest BCUT2D eigenvalue weighted by molar-refractivity contribution is 0.0692. The number of benzene rings is 1. The molecule has 0 bridgehead atoms. The summed E-state index contributed by atoms with van der Waals surface area (Å²) in [5.41, 5.74) is 1.97. The van der Waals surface area contributed by atoms with Gasteiger partial charge in [0.15, 0.2) is 0 Å². The molecule has 0 unspecified atom stereocenters. The van der Waals surface area contributed by atoms with Gasteiger partial charge >= 0.3 is 11.6 Å². The van der Waals surface area contributed by atoms with E-state index in [0.29, 0.717) is 17.4 Å². The first kappa shape index (κ1) is 18.5. The Labute approximate surface area is 145 Å². The number of allylic oxidation sites excluding steroid dienone is 4. The number of hydrogen-bond acceptors (Lipinski definition) is 4. The van der Waals surface area contributed by atoms with Gasteiger partial charge in [0.1, 0.15) is 16.9 Å². The van der Waals surface area contributed by atoms with Crippen molar-refractivity contribution in [1.29, 1.82) is 0 Å². The molecule has 2 rings (SSSR count). The number of hydrogen-bond donors (Lipinski definition) is 2. The summed E-state index contributed by atoms with van der Waals surface area (Å²) >= 11 is 0. The number of aromatic hydroxyl groups is 1. The molecule has 1 aromatic carbocycles. The van der Waals surface area contributed by atoms with Crippen LogP contribution in [0.1, 0.15) is 49.5 Å². The van der Waals surface area contributed by atoms with Gasteiger partial charge in [-0.25, -0.2) is 9.59 Å². The Morgan fingerprint density at radius 3 is 2.52 bits per heavy atom. The molecule has 2 N–H and O–H groups in total. The molecular formula is C20H22O5. The Kier molecular flexibility index (Phi) is 5.80. The zero-order valence-corrected chi connectivity index (χ0v) is 14.6. The van der Waals surface area contributed by atoms with Crippen LogP contribution in [0.25, 0.3) is 11.0 Å². The summed E-state index contributed by atoms with van der Waals surface area (Å²) in [7, 11) is 0. The normalized spacial score (nSPS) is 11.6. The lowest BCUT2D eigenvalue weighted by atomic mass is 10.0. The molecule has 132 valence electrons. The largest absolute Gasteiger partial charge is 0.508 e. The van der Waals surface area contributed by atoms with E-state index in [1.807, 2.05) is 13.0 Å². The number of fused-ring (bicyclic) bond motifs is 1. The number of phenolic OH excluding ortho intramolecular Hbond substituents is 1. The maximum atomic E-state index is 11.6. The quantitative estimate of drug-likeness (QED) is 0.599. The van der Waals surface area contributed by atoms with E-state index >= 15 is 0 Å². The van der Waals surface area contributed by atoms with Crippen molar-refractivity contribution >= 4 is 16.9 Å². The minimum atomic E-state index is -1.33. The van der Waals surface area contributed by atoms with Crippen molar-refractivity contribution in [1.82, 2.24) is 0 Å². The van der Waals surface area contributed by atoms with Crippen LogP contribution in [0.2, 0.25) is 0 Å². The SMILES string of the molecule is CC(C)=CCCC(C)=CCc1cc2cc(C(=O)O)c(=O)oc2cc1O. The number of carboxylic acids is 1. The van der Waals surface area contributed by atoms with E-state index in [-0.39, 0.29) is 11.3 Å². The monoisotopic (exact) mass is 342 g/mol. The van der Waals surface area contributed by atoms with Crippen LogP contribution in [-0.4, -0.2) is 16.2 Å². The smallest absolute Gasteiger partial charge is 0.351 e. The van der Waals surface area contributed by atoms with Crippen LogP contribution in [0.4, 0.5) is 0 Å². The highest BCUT2D eigenvalue weighted by Gasteiger charge is 2.13. The average molecular weight is 342 g/mol. The lowest BCUT2D eigenvalue weighted by Gasteiger charge is -2.06. The first-order valence-electron chi connectivity index (χ1n) is 8.10. The summed E-state index contributed by atoms with van der Waals surface area (Å²) in [6.07, 6.45) is 6.65. The van der Waals surface area contributed by atoms with Crippen LogP contribution >= 0.6 is 0 Å². The second kappa shape index (κ2) is 7.83. The number of carboxylic acid groups (broad SMARTS) is 1. The van der Waals surface area contributed by atoms with Gasteiger partial charge in [0, 0.05) is 11.5 Å². The third-order valence-electron chi connectivity index (χ3n) is 3.93. The fraction of sp³-hybridized carbons (Fsp3) is 0.300. The van der Waals surface area contributed by atoms with Crippen molar-refractivity contribution in [2.45, 2.75) is 40.0 Å². The highest BCUT2D eigenvalue weighted by molar-refractivity contribution is 5.92.